The normalized spacial score (nSPS) is 10.5. The molecule has 4 heteroatoms. The first-order valence-electron chi connectivity index (χ1n) is 7.37. The molecular formula is C17H24N4. The van der Waals surface area contributed by atoms with Crippen LogP contribution in [-0.2, 0) is 6.42 Å². The Morgan fingerprint density at radius 3 is 2.19 bits per heavy atom. The summed E-state index contributed by atoms with van der Waals surface area (Å²) in [5.74, 6) is 0.732. The highest BCUT2D eigenvalue weighted by Gasteiger charge is 2.00. The summed E-state index contributed by atoms with van der Waals surface area (Å²) in [5, 5.41) is 3.30. The Morgan fingerprint density at radius 2 is 1.62 bits per heavy atom. The molecule has 0 unspecified atom stereocenters. The molecular weight excluding hydrogens is 260 g/mol. The van der Waals surface area contributed by atoms with E-state index in [0.717, 1.165) is 36.7 Å². The number of hydrogen-bond donors (Lipinski definition) is 1. The molecule has 1 aromatic carbocycles. The van der Waals surface area contributed by atoms with Crippen molar-refractivity contribution < 1.29 is 0 Å². The molecule has 2 aromatic rings. The van der Waals surface area contributed by atoms with Gasteiger partial charge in [-0.1, -0.05) is 12.1 Å². The summed E-state index contributed by atoms with van der Waals surface area (Å²) in [6.07, 6.45) is 2.13. The average Bonchev–Trinajstić information content (AvgIpc) is 2.43. The van der Waals surface area contributed by atoms with E-state index >= 15 is 0 Å². The molecule has 1 aromatic heterocycles. The molecule has 0 radical (unpaired) electrons. The summed E-state index contributed by atoms with van der Waals surface area (Å²) in [6.45, 7) is 4.87. The second kappa shape index (κ2) is 7.07. The van der Waals surface area contributed by atoms with Crippen LogP contribution in [-0.4, -0.2) is 30.6 Å². The van der Waals surface area contributed by atoms with Gasteiger partial charge >= 0.3 is 0 Å². The second-order valence-electron chi connectivity index (χ2n) is 5.57. The second-order valence-corrected chi connectivity index (χ2v) is 5.57. The van der Waals surface area contributed by atoms with E-state index < -0.39 is 0 Å². The van der Waals surface area contributed by atoms with Gasteiger partial charge in [-0.05, 0) is 50.5 Å². The topological polar surface area (TPSA) is 41.1 Å². The Hall–Kier alpha value is -2.10. The maximum Gasteiger partial charge on any atom is 0.223 e. The van der Waals surface area contributed by atoms with Gasteiger partial charge in [-0.25, -0.2) is 9.97 Å². The van der Waals surface area contributed by atoms with Gasteiger partial charge in [0.1, 0.15) is 0 Å². The molecule has 0 spiro atoms. The van der Waals surface area contributed by atoms with Gasteiger partial charge in [0.05, 0.1) is 0 Å². The third-order valence-corrected chi connectivity index (χ3v) is 3.36. The van der Waals surface area contributed by atoms with Crippen molar-refractivity contribution in [2.75, 3.05) is 30.9 Å². The van der Waals surface area contributed by atoms with Gasteiger partial charge in [-0.2, -0.15) is 0 Å². The first-order chi connectivity index (χ1) is 10.0. The zero-order chi connectivity index (χ0) is 15.2. The van der Waals surface area contributed by atoms with Crippen molar-refractivity contribution in [3.05, 3.63) is 47.3 Å². The number of nitrogens with zero attached hydrogens (tertiary/aromatic N) is 3. The largest absolute Gasteiger partial charge is 0.378 e. The number of benzene rings is 1. The first kappa shape index (κ1) is 15.3. The van der Waals surface area contributed by atoms with Crippen LogP contribution in [0.3, 0.4) is 0 Å². The van der Waals surface area contributed by atoms with Crippen LogP contribution in [0.25, 0.3) is 0 Å². The molecule has 0 bridgehead atoms. The Labute approximate surface area is 127 Å². The monoisotopic (exact) mass is 284 g/mol. The Balaban J connectivity index is 1.79. The predicted octanol–water partition coefficient (Wildman–Crippen LogP) is 3.20. The lowest BCUT2D eigenvalue weighted by Crippen LogP contribution is -2.09. The van der Waals surface area contributed by atoms with E-state index in [4.69, 9.17) is 0 Å². The summed E-state index contributed by atoms with van der Waals surface area (Å²) in [4.78, 5) is 10.9. The van der Waals surface area contributed by atoms with Crippen molar-refractivity contribution in [2.24, 2.45) is 0 Å². The quantitative estimate of drug-likeness (QED) is 0.827. The van der Waals surface area contributed by atoms with Crippen LogP contribution in [0.2, 0.25) is 0 Å². The van der Waals surface area contributed by atoms with Crippen LogP contribution in [0.1, 0.15) is 23.4 Å². The summed E-state index contributed by atoms with van der Waals surface area (Å²) in [6, 6.07) is 10.7. The van der Waals surface area contributed by atoms with Crippen molar-refractivity contribution in [1.82, 2.24) is 9.97 Å². The molecule has 0 fully saturated rings. The molecule has 0 atom stereocenters. The Kier molecular flexibility index (Phi) is 5.14. The SMILES string of the molecule is Cc1cc(C)nc(NCCCc2ccc(N(C)C)cc2)n1. The minimum atomic E-state index is 0.732. The van der Waals surface area contributed by atoms with E-state index in [1.54, 1.807) is 0 Å². The third-order valence-electron chi connectivity index (χ3n) is 3.36. The summed E-state index contributed by atoms with van der Waals surface area (Å²) in [7, 11) is 4.12. The molecule has 0 amide bonds. The van der Waals surface area contributed by atoms with E-state index in [1.165, 1.54) is 11.3 Å². The van der Waals surface area contributed by atoms with E-state index in [9.17, 15) is 0 Å². The fraction of sp³-hybridized carbons (Fsp3) is 0.412. The van der Waals surface area contributed by atoms with Crippen LogP contribution in [0.5, 0.6) is 0 Å². The van der Waals surface area contributed by atoms with Gasteiger partial charge in [-0.3, -0.25) is 0 Å². The molecule has 4 nitrogen and oxygen atoms in total. The first-order valence-corrected chi connectivity index (χ1v) is 7.37. The smallest absolute Gasteiger partial charge is 0.223 e. The van der Waals surface area contributed by atoms with E-state index in [-0.39, 0.29) is 0 Å². The Morgan fingerprint density at radius 1 is 1.00 bits per heavy atom. The summed E-state index contributed by atoms with van der Waals surface area (Å²) >= 11 is 0. The van der Waals surface area contributed by atoms with E-state index in [0.29, 0.717) is 0 Å². The van der Waals surface area contributed by atoms with Crippen LogP contribution in [0.15, 0.2) is 30.3 Å². The maximum absolute atomic E-state index is 4.38. The number of nitrogens with one attached hydrogen (secondary N) is 1. The zero-order valence-corrected chi connectivity index (χ0v) is 13.3. The molecule has 1 N–H and O–H groups in total. The molecule has 0 aliphatic carbocycles. The van der Waals surface area contributed by atoms with Crippen LogP contribution < -0.4 is 10.2 Å². The third kappa shape index (κ3) is 4.74. The minimum Gasteiger partial charge on any atom is -0.378 e. The number of anilines is 2. The van der Waals surface area contributed by atoms with Gasteiger partial charge < -0.3 is 10.2 Å². The van der Waals surface area contributed by atoms with Crippen LogP contribution >= 0.6 is 0 Å². The van der Waals surface area contributed by atoms with Gasteiger partial charge in [0.2, 0.25) is 5.95 Å². The lowest BCUT2D eigenvalue weighted by Gasteiger charge is -2.12. The molecule has 21 heavy (non-hydrogen) atoms. The lowest BCUT2D eigenvalue weighted by molar-refractivity contribution is 0.849. The van der Waals surface area contributed by atoms with Crippen LogP contribution in [0.4, 0.5) is 11.6 Å². The molecule has 0 saturated carbocycles. The molecule has 1 heterocycles. The fourth-order valence-corrected chi connectivity index (χ4v) is 2.26. The molecule has 112 valence electrons. The zero-order valence-electron chi connectivity index (χ0n) is 13.3. The van der Waals surface area contributed by atoms with Gasteiger partial charge in [-0.15, -0.1) is 0 Å². The maximum atomic E-state index is 4.38. The van der Waals surface area contributed by atoms with E-state index in [2.05, 4.69) is 58.5 Å². The van der Waals surface area contributed by atoms with Crippen molar-refractivity contribution >= 4 is 11.6 Å². The van der Waals surface area contributed by atoms with E-state index in [1.807, 2.05) is 19.9 Å². The standard InChI is InChI=1S/C17H24N4/c1-13-12-14(2)20-17(19-13)18-11-5-6-15-7-9-16(10-8-15)21(3)4/h7-10,12H,5-6,11H2,1-4H3,(H,18,19,20). The van der Waals surface area contributed by atoms with Gasteiger partial charge in [0.15, 0.2) is 0 Å². The summed E-state index contributed by atoms with van der Waals surface area (Å²) < 4.78 is 0. The number of hydrogen-bond acceptors (Lipinski definition) is 4. The van der Waals surface area contributed by atoms with Crippen molar-refractivity contribution in [3.63, 3.8) is 0 Å². The highest BCUT2D eigenvalue weighted by molar-refractivity contribution is 5.46. The molecule has 0 aliphatic heterocycles. The number of rotatable bonds is 6. The molecule has 2 rings (SSSR count). The lowest BCUT2D eigenvalue weighted by atomic mass is 10.1. The fourth-order valence-electron chi connectivity index (χ4n) is 2.26. The molecule has 0 saturated heterocycles. The van der Waals surface area contributed by atoms with Crippen molar-refractivity contribution in [3.8, 4) is 0 Å². The predicted molar refractivity (Wildman–Crippen MR) is 89.1 cm³/mol. The highest BCUT2D eigenvalue weighted by atomic mass is 15.1. The Bertz CT molecular complexity index is 556. The minimum absolute atomic E-state index is 0.732. The summed E-state index contributed by atoms with van der Waals surface area (Å²) in [5.41, 5.74) is 4.61. The van der Waals surface area contributed by atoms with Crippen LogP contribution in [0, 0.1) is 13.8 Å². The van der Waals surface area contributed by atoms with Crippen molar-refractivity contribution in [1.29, 1.82) is 0 Å². The van der Waals surface area contributed by atoms with Gasteiger partial charge in [0, 0.05) is 37.7 Å². The van der Waals surface area contributed by atoms with Gasteiger partial charge in [0.25, 0.3) is 0 Å². The number of aryl methyl sites for hydroxylation is 3. The average molecular weight is 284 g/mol. The molecule has 0 aliphatic rings. The number of aromatic nitrogens is 2. The van der Waals surface area contributed by atoms with Crippen molar-refractivity contribution in [2.45, 2.75) is 26.7 Å². The highest BCUT2D eigenvalue weighted by Crippen LogP contribution is 2.13.